The van der Waals surface area contributed by atoms with E-state index in [0.29, 0.717) is 18.0 Å². The standard InChI is InChI=1S/C15H14N2O5/c18-12-6-3-8-16(12)9-7-13(19)22-17-14(20)10-4-1-2-5-11(10)15(17)21/h1-2,4-5H,3,6-9H2. The van der Waals surface area contributed by atoms with Crippen LogP contribution in [0, 0.1) is 0 Å². The van der Waals surface area contributed by atoms with Crippen LogP contribution in [-0.2, 0) is 14.4 Å². The van der Waals surface area contributed by atoms with Crippen LogP contribution in [0.3, 0.4) is 0 Å². The van der Waals surface area contributed by atoms with Crippen LogP contribution in [0.2, 0.25) is 0 Å². The molecule has 0 bridgehead atoms. The lowest BCUT2D eigenvalue weighted by Crippen LogP contribution is -2.34. The molecule has 1 fully saturated rings. The summed E-state index contributed by atoms with van der Waals surface area (Å²) in [6, 6.07) is 6.28. The van der Waals surface area contributed by atoms with E-state index in [1.54, 1.807) is 17.0 Å². The molecule has 3 rings (SSSR count). The molecule has 7 nitrogen and oxygen atoms in total. The van der Waals surface area contributed by atoms with Gasteiger partial charge in [-0.15, -0.1) is 0 Å². The molecule has 1 aromatic carbocycles. The highest BCUT2D eigenvalue weighted by Crippen LogP contribution is 2.22. The van der Waals surface area contributed by atoms with E-state index >= 15 is 0 Å². The summed E-state index contributed by atoms with van der Waals surface area (Å²) in [5.74, 6) is -2.00. The average molecular weight is 302 g/mol. The molecule has 114 valence electrons. The minimum absolute atomic E-state index is 0.00790. The molecular formula is C15H14N2O5. The maximum Gasteiger partial charge on any atom is 0.335 e. The van der Waals surface area contributed by atoms with E-state index in [4.69, 9.17) is 4.84 Å². The van der Waals surface area contributed by atoms with Crippen molar-refractivity contribution >= 4 is 23.7 Å². The number of imide groups is 1. The Morgan fingerprint density at radius 2 is 1.73 bits per heavy atom. The van der Waals surface area contributed by atoms with Crippen LogP contribution < -0.4 is 0 Å². The fourth-order valence-corrected chi connectivity index (χ4v) is 2.56. The van der Waals surface area contributed by atoms with E-state index in [1.165, 1.54) is 12.1 Å². The van der Waals surface area contributed by atoms with Gasteiger partial charge in [-0.05, 0) is 18.6 Å². The lowest BCUT2D eigenvalue weighted by atomic mass is 10.1. The van der Waals surface area contributed by atoms with Crippen LogP contribution in [0.1, 0.15) is 40.0 Å². The van der Waals surface area contributed by atoms with Gasteiger partial charge >= 0.3 is 5.97 Å². The third-order valence-electron chi connectivity index (χ3n) is 3.71. The van der Waals surface area contributed by atoms with Gasteiger partial charge in [0.25, 0.3) is 11.8 Å². The highest BCUT2D eigenvalue weighted by Gasteiger charge is 2.38. The normalized spacial score (nSPS) is 17.2. The highest BCUT2D eigenvalue weighted by atomic mass is 16.7. The Kier molecular flexibility index (Phi) is 3.62. The summed E-state index contributed by atoms with van der Waals surface area (Å²) in [4.78, 5) is 53.7. The van der Waals surface area contributed by atoms with Gasteiger partial charge in [0.15, 0.2) is 0 Å². The van der Waals surface area contributed by atoms with Crippen molar-refractivity contribution in [3.63, 3.8) is 0 Å². The molecule has 22 heavy (non-hydrogen) atoms. The van der Waals surface area contributed by atoms with Crippen LogP contribution in [0.5, 0.6) is 0 Å². The number of rotatable bonds is 4. The van der Waals surface area contributed by atoms with E-state index in [9.17, 15) is 19.2 Å². The molecule has 2 aliphatic heterocycles. The van der Waals surface area contributed by atoms with E-state index in [1.807, 2.05) is 0 Å². The van der Waals surface area contributed by atoms with Gasteiger partial charge in [0.2, 0.25) is 5.91 Å². The first-order valence-electron chi connectivity index (χ1n) is 7.04. The molecule has 0 unspecified atom stereocenters. The topological polar surface area (TPSA) is 84.0 Å². The third-order valence-corrected chi connectivity index (χ3v) is 3.71. The number of hydroxylamine groups is 2. The molecule has 0 spiro atoms. The second kappa shape index (κ2) is 5.59. The van der Waals surface area contributed by atoms with Gasteiger partial charge in [0.1, 0.15) is 0 Å². The van der Waals surface area contributed by atoms with Gasteiger partial charge in [-0.3, -0.25) is 14.4 Å². The highest BCUT2D eigenvalue weighted by molar-refractivity contribution is 6.20. The molecule has 3 amide bonds. The first-order valence-corrected chi connectivity index (χ1v) is 7.04. The minimum Gasteiger partial charge on any atom is -0.342 e. The summed E-state index contributed by atoms with van der Waals surface area (Å²) in [6.45, 7) is 0.861. The number of fused-ring (bicyclic) bond motifs is 1. The Labute approximate surface area is 126 Å². The van der Waals surface area contributed by atoms with Gasteiger partial charge in [-0.1, -0.05) is 17.2 Å². The van der Waals surface area contributed by atoms with Crippen LogP contribution in [-0.4, -0.2) is 46.7 Å². The maximum atomic E-state index is 12.0. The van der Waals surface area contributed by atoms with Crippen LogP contribution in [0.25, 0.3) is 0 Å². The Balaban J connectivity index is 1.60. The summed E-state index contributed by atoms with van der Waals surface area (Å²) in [5.41, 5.74) is 0.435. The van der Waals surface area contributed by atoms with Gasteiger partial charge in [-0.25, -0.2) is 4.79 Å². The number of nitrogens with zero attached hydrogens (tertiary/aromatic N) is 2. The number of hydrogen-bond acceptors (Lipinski definition) is 5. The molecule has 1 aromatic rings. The summed E-state index contributed by atoms with van der Waals surface area (Å²) in [7, 11) is 0. The predicted octanol–water partition coefficient (Wildman–Crippen LogP) is 0.753. The van der Waals surface area contributed by atoms with Crippen molar-refractivity contribution in [1.29, 1.82) is 0 Å². The van der Waals surface area contributed by atoms with E-state index in [-0.39, 0.29) is 30.0 Å². The first kappa shape index (κ1) is 14.2. The van der Waals surface area contributed by atoms with Gasteiger partial charge in [0.05, 0.1) is 17.5 Å². The summed E-state index contributed by atoms with van der Waals surface area (Å²) < 4.78 is 0. The Morgan fingerprint density at radius 1 is 1.09 bits per heavy atom. The van der Waals surface area contributed by atoms with E-state index in [0.717, 1.165) is 6.42 Å². The average Bonchev–Trinajstić information content (AvgIpc) is 3.03. The molecule has 0 atom stereocenters. The fourth-order valence-electron chi connectivity index (χ4n) is 2.56. The zero-order valence-corrected chi connectivity index (χ0v) is 11.8. The largest absolute Gasteiger partial charge is 0.342 e. The number of carbonyl (C=O) groups excluding carboxylic acids is 4. The predicted molar refractivity (Wildman–Crippen MR) is 73.5 cm³/mol. The fraction of sp³-hybridized carbons (Fsp3) is 0.333. The molecule has 0 saturated carbocycles. The van der Waals surface area contributed by atoms with E-state index < -0.39 is 17.8 Å². The molecule has 0 aliphatic carbocycles. The summed E-state index contributed by atoms with van der Waals surface area (Å²) >= 11 is 0. The number of hydrogen-bond donors (Lipinski definition) is 0. The van der Waals surface area contributed by atoms with Crippen molar-refractivity contribution in [2.24, 2.45) is 0 Å². The number of amides is 3. The molecule has 0 radical (unpaired) electrons. The van der Waals surface area contributed by atoms with Crippen molar-refractivity contribution in [2.75, 3.05) is 13.1 Å². The van der Waals surface area contributed by atoms with Crippen molar-refractivity contribution < 1.29 is 24.0 Å². The molecule has 2 heterocycles. The maximum absolute atomic E-state index is 12.0. The Hall–Kier alpha value is -2.70. The lowest BCUT2D eigenvalue weighted by molar-refractivity contribution is -0.168. The first-order chi connectivity index (χ1) is 10.6. The smallest absolute Gasteiger partial charge is 0.335 e. The van der Waals surface area contributed by atoms with Crippen molar-refractivity contribution in [3.05, 3.63) is 35.4 Å². The van der Waals surface area contributed by atoms with Crippen molar-refractivity contribution in [1.82, 2.24) is 9.96 Å². The number of carbonyl (C=O) groups is 4. The lowest BCUT2D eigenvalue weighted by Gasteiger charge is -2.16. The van der Waals surface area contributed by atoms with Crippen molar-refractivity contribution in [3.8, 4) is 0 Å². The molecule has 7 heteroatoms. The third kappa shape index (κ3) is 2.45. The Morgan fingerprint density at radius 3 is 2.27 bits per heavy atom. The molecular weight excluding hydrogens is 288 g/mol. The number of likely N-dealkylation sites (tertiary alicyclic amines) is 1. The monoisotopic (exact) mass is 302 g/mol. The van der Waals surface area contributed by atoms with Gasteiger partial charge in [0, 0.05) is 19.5 Å². The summed E-state index contributed by atoms with van der Waals surface area (Å²) in [6.07, 6.45) is 1.22. The zero-order valence-electron chi connectivity index (χ0n) is 11.8. The van der Waals surface area contributed by atoms with Crippen molar-refractivity contribution in [2.45, 2.75) is 19.3 Å². The minimum atomic E-state index is -0.714. The second-order valence-corrected chi connectivity index (χ2v) is 5.15. The van der Waals surface area contributed by atoms with Gasteiger partial charge < -0.3 is 9.74 Å². The molecule has 0 N–H and O–H groups in total. The van der Waals surface area contributed by atoms with Gasteiger partial charge in [-0.2, -0.15) is 0 Å². The van der Waals surface area contributed by atoms with Crippen LogP contribution in [0.4, 0.5) is 0 Å². The quantitative estimate of drug-likeness (QED) is 0.766. The Bertz CT molecular complexity index is 635. The zero-order chi connectivity index (χ0) is 15.7. The molecule has 0 aromatic heterocycles. The van der Waals surface area contributed by atoms with Crippen LogP contribution in [0.15, 0.2) is 24.3 Å². The number of benzene rings is 1. The second-order valence-electron chi connectivity index (χ2n) is 5.15. The van der Waals surface area contributed by atoms with E-state index in [2.05, 4.69) is 0 Å². The SMILES string of the molecule is O=C(CCN1CCCC1=O)ON1C(=O)c2ccccc2C1=O. The summed E-state index contributed by atoms with van der Waals surface area (Å²) in [5, 5.41) is 0.485. The molecule has 1 saturated heterocycles. The molecule has 2 aliphatic rings. The van der Waals surface area contributed by atoms with Crippen LogP contribution >= 0.6 is 0 Å².